The lowest BCUT2D eigenvalue weighted by molar-refractivity contribution is 0.826. The molecule has 0 atom stereocenters. The summed E-state index contributed by atoms with van der Waals surface area (Å²) in [6.45, 7) is 2.07. The summed E-state index contributed by atoms with van der Waals surface area (Å²) in [7, 11) is 0. The number of fused-ring (bicyclic) bond motifs is 1. The molecule has 0 aliphatic rings. The average molecular weight is 313 g/mol. The van der Waals surface area contributed by atoms with Gasteiger partial charge in [0.25, 0.3) is 0 Å². The van der Waals surface area contributed by atoms with Gasteiger partial charge in [-0.05, 0) is 24.1 Å². The largest absolute Gasteiger partial charge is 0.381 e. The molecule has 0 saturated carbocycles. The van der Waals surface area contributed by atoms with Crippen molar-refractivity contribution in [3.8, 4) is 17.2 Å². The Hall–Kier alpha value is -2.65. The number of hydrogen-bond donors (Lipinski definition) is 1. The van der Waals surface area contributed by atoms with Gasteiger partial charge in [-0.25, -0.2) is 0 Å². The number of rotatable bonds is 3. The number of nitrogens with zero attached hydrogens (tertiary/aromatic N) is 5. The van der Waals surface area contributed by atoms with Gasteiger partial charge in [-0.1, -0.05) is 37.1 Å². The van der Waals surface area contributed by atoms with Gasteiger partial charge >= 0.3 is 0 Å². The van der Waals surface area contributed by atoms with Crippen LogP contribution in [-0.4, -0.2) is 19.8 Å². The second kappa shape index (κ2) is 5.62. The van der Waals surface area contributed by atoms with E-state index < -0.39 is 0 Å². The van der Waals surface area contributed by atoms with Gasteiger partial charge in [0.05, 0.1) is 11.3 Å². The third-order valence-corrected chi connectivity index (χ3v) is 3.63. The fourth-order valence-corrected chi connectivity index (χ4v) is 2.49. The van der Waals surface area contributed by atoms with Crippen LogP contribution in [0.3, 0.4) is 0 Å². The average Bonchev–Trinajstić information content (AvgIpc) is 2.88. The van der Waals surface area contributed by atoms with Crippen molar-refractivity contribution in [1.82, 2.24) is 19.8 Å². The van der Waals surface area contributed by atoms with Gasteiger partial charge in [-0.2, -0.15) is 14.9 Å². The number of halogens is 1. The molecular weight excluding hydrogens is 300 g/mol. The predicted octanol–water partition coefficient (Wildman–Crippen LogP) is 2.85. The second-order valence-corrected chi connectivity index (χ2v) is 5.30. The molecule has 7 heteroatoms. The van der Waals surface area contributed by atoms with Crippen LogP contribution in [0.15, 0.2) is 24.3 Å². The van der Waals surface area contributed by atoms with Crippen LogP contribution in [0.5, 0.6) is 0 Å². The SMILES string of the molecule is CCCc1nn2c(N)c(C#N)nnc2c1-c1ccc(Cl)cc1. The lowest BCUT2D eigenvalue weighted by Gasteiger charge is -2.02. The maximum Gasteiger partial charge on any atom is 0.205 e. The highest BCUT2D eigenvalue weighted by Crippen LogP contribution is 2.30. The van der Waals surface area contributed by atoms with Crippen LogP contribution in [0.4, 0.5) is 5.82 Å². The number of hydrogen-bond acceptors (Lipinski definition) is 5. The Kier molecular flexibility index (Phi) is 3.65. The monoisotopic (exact) mass is 312 g/mol. The topological polar surface area (TPSA) is 92.9 Å². The van der Waals surface area contributed by atoms with E-state index in [0.29, 0.717) is 10.7 Å². The van der Waals surface area contributed by atoms with E-state index in [1.165, 1.54) is 4.52 Å². The van der Waals surface area contributed by atoms with Crippen molar-refractivity contribution in [3.05, 3.63) is 40.7 Å². The molecule has 2 heterocycles. The maximum atomic E-state index is 9.02. The Morgan fingerprint density at radius 3 is 2.64 bits per heavy atom. The van der Waals surface area contributed by atoms with Crippen LogP contribution >= 0.6 is 11.6 Å². The number of nitriles is 1. The van der Waals surface area contributed by atoms with Crippen molar-refractivity contribution in [1.29, 1.82) is 5.26 Å². The summed E-state index contributed by atoms with van der Waals surface area (Å²) in [4.78, 5) is 0. The molecule has 0 fully saturated rings. The zero-order valence-electron chi connectivity index (χ0n) is 11.9. The molecule has 2 aromatic heterocycles. The molecular formula is C15H13ClN6. The quantitative estimate of drug-likeness (QED) is 0.802. The standard InChI is InChI=1S/C15H13ClN6/c1-2-3-11-13(9-4-6-10(16)7-5-9)15-20-19-12(8-17)14(18)22(15)21-11/h4-7H,2-3,18H2,1H3. The van der Waals surface area contributed by atoms with Gasteiger partial charge in [0.2, 0.25) is 5.69 Å². The Balaban J connectivity index is 2.31. The van der Waals surface area contributed by atoms with Gasteiger partial charge in [0, 0.05) is 5.02 Å². The molecule has 0 spiro atoms. The number of aromatic nitrogens is 4. The molecule has 2 N–H and O–H groups in total. The minimum Gasteiger partial charge on any atom is -0.381 e. The molecule has 6 nitrogen and oxygen atoms in total. The fourth-order valence-electron chi connectivity index (χ4n) is 2.37. The number of nitrogen functional groups attached to an aromatic ring is 1. The van der Waals surface area contributed by atoms with Gasteiger partial charge in [-0.15, -0.1) is 10.2 Å². The number of anilines is 1. The highest BCUT2D eigenvalue weighted by molar-refractivity contribution is 6.30. The Morgan fingerprint density at radius 1 is 1.27 bits per heavy atom. The van der Waals surface area contributed by atoms with Crippen molar-refractivity contribution in [2.75, 3.05) is 5.73 Å². The molecule has 0 amide bonds. The van der Waals surface area contributed by atoms with E-state index in [9.17, 15) is 0 Å². The first-order valence-electron chi connectivity index (χ1n) is 6.85. The summed E-state index contributed by atoms with van der Waals surface area (Å²) >= 11 is 5.95. The van der Waals surface area contributed by atoms with Crippen LogP contribution in [0.2, 0.25) is 5.02 Å². The third-order valence-electron chi connectivity index (χ3n) is 3.37. The van der Waals surface area contributed by atoms with Crippen molar-refractivity contribution in [2.24, 2.45) is 0 Å². The van der Waals surface area contributed by atoms with Crippen LogP contribution < -0.4 is 5.73 Å². The summed E-state index contributed by atoms with van der Waals surface area (Å²) in [5, 5.41) is 22.2. The van der Waals surface area contributed by atoms with Gasteiger partial charge < -0.3 is 5.73 Å². The highest BCUT2D eigenvalue weighted by atomic mass is 35.5. The van der Waals surface area contributed by atoms with E-state index >= 15 is 0 Å². The molecule has 110 valence electrons. The minimum absolute atomic E-state index is 0.0701. The molecule has 0 aliphatic carbocycles. The highest BCUT2D eigenvalue weighted by Gasteiger charge is 2.19. The predicted molar refractivity (Wildman–Crippen MR) is 84.4 cm³/mol. The van der Waals surface area contributed by atoms with Crippen molar-refractivity contribution < 1.29 is 0 Å². The van der Waals surface area contributed by atoms with Gasteiger partial charge in [0.1, 0.15) is 6.07 Å². The number of nitrogens with two attached hydrogens (primary N) is 1. The first-order chi connectivity index (χ1) is 10.7. The summed E-state index contributed by atoms with van der Waals surface area (Å²) in [5.41, 5.74) is 9.28. The maximum absolute atomic E-state index is 9.02. The summed E-state index contributed by atoms with van der Waals surface area (Å²) in [6.07, 6.45) is 1.71. The Bertz CT molecular complexity index is 876. The third kappa shape index (κ3) is 2.26. The van der Waals surface area contributed by atoms with E-state index in [0.717, 1.165) is 29.7 Å². The van der Waals surface area contributed by atoms with E-state index in [1.54, 1.807) is 0 Å². The smallest absolute Gasteiger partial charge is 0.205 e. The minimum atomic E-state index is 0.0701. The fraction of sp³-hybridized carbons (Fsp3) is 0.200. The molecule has 1 aromatic carbocycles. The first kappa shape index (κ1) is 14.3. The van der Waals surface area contributed by atoms with Crippen LogP contribution in [-0.2, 0) is 6.42 Å². The molecule has 0 aliphatic heterocycles. The lowest BCUT2D eigenvalue weighted by Crippen LogP contribution is -2.06. The normalized spacial score (nSPS) is 10.8. The van der Waals surface area contributed by atoms with Gasteiger partial charge in [-0.3, -0.25) is 0 Å². The zero-order valence-corrected chi connectivity index (χ0v) is 12.7. The Morgan fingerprint density at radius 2 is 2.00 bits per heavy atom. The number of aryl methyl sites for hydroxylation is 1. The summed E-state index contributed by atoms with van der Waals surface area (Å²) in [5.74, 6) is 0.199. The van der Waals surface area contributed by atoms with Crippen LogP contribution in [0.1, 0.15) is 24.7 Å². The molecule has 3 aromatic rings. The van der Waals surface area contributed by atoms with Gasteiger partial charge in [0.15, 0.2) is 11.5 Å². The van der Waals surface area contributed by atoms with Crippen LogP contribution in [0.25, 0.3) is 16.8 Å². The van der Waals surface area contributed by atoms with E-state index in [2.05, 4.69) is 22.2 Å². The first-order valence-corrected chi connectivity index (χ1v) is 7.23. The molecule has 0 saturated heterocycles. The van der Waals surface area contributed by atoms with Crippen LogP contribution in [0, 0.1) is 11.3 Å². The summed E-state index contributed by atoms with van der Waals surface area (Å²) < 4.78 is 1.49. The van der Waals surface area contributed by atoms with E-state index in [-0.39, 0.29) is 11.5 Å². The molecule has 22 heavy (non-hydrogen) atoms. The van der Waals surface area contributed by atoms with Crippen molar-refractivity contribution >= 4 is 23.1 Å². The molecule has 0 unspecified atom stereocenters. The number of benzene rings is 1. The molecule has 0 bridgehead atoms. The van der Waals surface area contributed by atoms with E-state index in [1.807, 2.05) is 30.3 Å². The molecule has 0 radical (unpaired) electrons. The lowest BCUT2D eigenvalue weighted by atomic mass is 10.0. The zero-order chi connectivity index (χ0) is 15.7. The van der Waals surface area contributed by atoms with Crippen molar-refractivity contribution in [2.45, 2.75) is 19.8 Å². The molecule has 3 rings (SSSR count). The Labute approximate surface area is 132 Å². The van der Waals surface area contributed by atoms with Crippen molar-refractivity contribution in [3.63, 3.8) is 0 Å². The second-order valence-electron chi connectivity index (χ2n) is 4.86. The summed E-state index contributed by atoms with van der Waals surface area (Å²) in [6, 6.07) is 9.37. The van der Waals surface area contributed by atoms with E-state index in [4.69, 9.17) is 22.6 Å².